The second-order valence-electron chi connectivity index (χ2n) is 6.19. The maximum atomic E-state index is 10.1. The van der Waals surface area contributed by atoms with Crippen molar-refractivity contribution in [1.82, 2.24) is 0 Å². The highest BCUT2D eigenvalue weighted by Gasteiger charge is 2.18. The third kappa shape index (κ3) is 2.88. The number of aryl methyl sites for hydroxylation is 1. The molecule has 2 N–H and O–H groups in total. The third-order valence-corrected chi connectivity index (χ3v) is 4.80. The first kappa shape index (κ1) is 12.8. The summed E-state index contributed by atoms with van der Waals surface area (Å²) in [7, 11) is 0. The lowest BCUT2D eigenvalue weighted by Crippen LogP contribution is -2.18. The molecule has 0 aromatic heterocycles. The minimum Gasteiger partial charge on any atom is -0.506 e. The maximum Gasteiger partial charge on any atom is 0.138 e. The molecule has 0 radical (unpaired) electrons. The van der Waals surface area contributed by atoms with E-state index in [4.69, 9.17) is 0 Å². The fraction of sp³-hybridized carbons (Fsp3) is 0.647. The van der Waals surface area contributed by atoms with Crippen molar-refractivity contribution in [1.29, 1.82) is 0 Å². The Morgan fingerprint density at radius 2 is 1.79 bits per heavy atom. The van der Waals surface area contributed by atoms with Crippen molar-refractivity contribution < 1.29 is 5.11 Å². The molecule has 1 fully saturated rings. The van der Waals surface area contributed by atoms with Gasteiger partial charge < -0.3 is 10.4 Å². The number of hydrogen-bond donors (Lipinski definition) is 2. The molecule has 0 bridgehead atoms. The van der Waals surface area contributed by atoms with Gasteiger partial charge in [-0.3, -0.25) is 0 Å². The molecule has 2 aliphatic rings. The number of phenolic OH excluding ortho intramolecular Hbond substituents is 1. The monoisotopic (exact) mass is 259 g/mol. The highest BCUT2D eigenvalue weighted by atomic mass is 16.3. The third-order valence-electron chi connectivity index (χ3n) is 4.80. The number of hydrogen-bond acceptors (Lipinski definition) is 2. The molecule has 19 heavy (non-hydrogen) atoms. The Bertz CT molecular complexity index is 435. The van der Waals surface area contributed by atoms with E-state index in [1.807, 2.05) is 6.07 Å². The number of anilines is 1. The van der Waals surface area contributed by atoms with Crippen molar-refractivity contribution in [2.45, 2.75) is 57.8 Å². The summed E-state index contributed by atoms with van der Waals surface area (Å²) in [5.74, 6) is 1.24. The summed E-state index contributed by atoms with van der Waals surface area (Å²) in [5.41, 5.74) is 3.85. The van der Waals surface area contributed by atoms with Gasteiger partial charge in [-0.05, 0) is 61.6 Å². The molecule has 1 aromatic carbocycles. The fourth-order valence-electron chi connectivity index (χ4n) is 3.65. The van der Waals surface area contributed by atoms with Crippen molar-refractivity contribution >= 4 is 5.69 Å². The van der Waals surface area contributed by atoms with Crippen molar-refractivity contribution in [3.63, 3.8) is 0 Å². The highest BCUT2D eigenvalue weighted by molar-refractivity contribution is 5.64. The van der Waals surface area contributed by atoms with E-state index >= 15 is 0 Å². The molecule has 104 valence electrons. The van der Waals surface area contributed by atoms with E-state index < -0.39 is 0 Å². The summed E-state index contributed by atoms with van der Waals surface area (Å²) in [6, 6.07) is 3.98. The van der Waals surface area contributed by atoms with E-state index in [1.54, 1.807) is 0 Å². The van der Waals surface area contributed by atoms with Crippen molar-refractivity contribution in [2.24, 2.45) is 5.92 Å². The van der Waals surface area contributed by atoms with Crippen molar-refractivity contribution in [2.75, 3.05) is 11.9 Å². The number of nitrogens with one attached hydrogen (secondary N) is 1. The number of benzene rings is 1. The van der Waals surface area contributed by atoms with Crippen LogP contribution in [0.3, 0.4) is 0 Å². The minimum atomic E-state index is 0.441. The maximum absolute atomic E-state index is 10.1. The van der Waals surface area contributed by atoms with Gasteiger partial charge in [0, 0.05) is 6.54 Å². The first-order valence-corrected chi connectivity index (χ1v) is 7.92. The van der Waals surface area contributed by atoms with Gasteiger partial charge in [0.15, 0.2) is 0 Å². The summed E-state index contributed by atoms with van der Waals surface area (Å²) in [5, 5.41) is 13.7. The summed E-state index contributed by atoms with van der Waals surface area (Å²) < 4.78 is 0. The molecule has 2 heteroatoms. The number of aromatic hydroxyl groups is 1. The van der Waals surface area contributed by atoms with Gasteiger partial charge in [0.1, 0.15) is 5.75 Å². The largest absolute Gasteiger partial charge is 0.506 e. The van der Waals surface area contributed by atoms with Gasteiger partial charge in [0.25, 0.3) is 0 Å². The smallest absolute Gasteiger partial charge is 0.138 e. The van der Waals surface area contributed by atoms with Crippen LogP contribution in [0, 0.1) is 5.92 Å². The van der Waals surface area contributed by atoms with Crippen LogP contribution >= 0.6 is 0 Å². The van der Waals surface area contributed by atoms with Crippen LogP contribution in [-0.2, 0) is 12.8 Å². The number of phenols is 1. The van der Waals surface area contributed by atoms with Gasteiger partial charge in [-0.2, -0.15) is 0 Å². The van der Waals surface area contributed by atoms with Crippen LogP contribution in [0.4, 0.5) is 5.69 Å². The van der Waals surface area contributed by atoms with E-state index in [-0.39, 0.29) is 0 Å². The second-order valence-corrected chi connectivity index (χ2v) is 6.19. The van der Waals surface area contributed by atoms with Gasteiger partial charge in [0.2, 0.25) is 0 Å². The minimum absolute atomic E-state index is 0.441. The van der Waals surface area contributed by atoms with E-state index in [2.05, 4.69) is 11.4 Å². The lowest BCUT2D eigenvalue weighted by Gasteiger charge is -2.25. The standard InChI is InChI=1S/C17H25NO/c19-16-11-10-14-8-4-5-9-15(14)17(16)18-12-13-6-2-1-3-7-13/h10-11,13,18-19H,1-9,12H2. The van der Waals surface area contributed by atoms with Crippen LogP contribution in [0.25, 0.3) is 0 Å². The Labute approximate surface area is 116 Å². The molecule has 0 unspecified atom stereocenters. The predicted molar refractivity (Wildman–Crippen MR) is 79.8 cm³/mol. The van der Waals surface area contributed by atoms with Crippen LogP contribution in [0.15, 0.2) is 12.1 Å². The van der Waals surface area contributed by atoms with Crippen molar-refractivity contribution in [3.8, 4) is 5.75 Å². The Kier molecular flexibility index (Phi) is 3.95. The average Bonchev–Trinajstić information content (AvgIpc) is 2.47. The molecule has 0 heterocycles. The number of rotatable bonds is 3. The summed E-state index contributed by atoms with van der Waals surface area (Å²) in [4.78, 5) is 0. The molecule has 0 spiro atoms. The van der Waals surface area contributed by atoms with Gasteiger partial charge >= 0.3 is 0 Å². The van der Waals surface area contributed by atoms with E-state index in [0.29, 0.717) is 5.75 Å². The van der Waals surface area contributed by atoms with Crippen LogP contribution in [0.1, 0.15) is 56.1 Å². The zero-order chi connectivity index (χ0) is 13.1. The van der Waals surface area contributed by atoms with Crippen molar-refractivity contribution in [3.05, 3.63) is 23.3 Å². The van der Waals surface area contributed by atoms with E-state index in [1.165, 1.54) is 62.5 Å². The van der Waals surface area contributed by atoms with E-state index in [0.717, 1.165) is 24.6 Å². The summed E-state index contributed by atoms with van der Waals surface area (Å²) in [6.45, 7) is 1.03. The lowest BCUT2D eigenvalue weighted by molar-refractivity contribution is 0.373. The molecule has 0 aliphatic heterocycles. The van der Waals surface area contributed by atoms with Gasteiger partial charge in [0.05, 0.1) is 5.69 Å². The normalized spacial score (nSPS) is 20.0. The highest BCUT2D eigenvalue weighted by Crippen LogP contribution is 2.35. The predicted octanol–water partition coefficient (Wildman–Crippen LogP) is 4.26. The zero-order valence-corrected chi connectivity index (χ0v) is 11.8. The summed E-state index contributed by atoms with van der Waals surface area (Å²) >= 11 is 0. The molecule has 0 saturated heterocycles. The van der Waals surface area contributed by atoms with E-state index in [9.17, 15) is 5.11 Å². The fourth-order valence-corrected chi connectivity index (χ4v) is 3.65. The molecular weight excluding hydrogens is 234 g/mol. The Balaban J connectivity index is 1.72. The molecule has 1 saturated carbocycles. The van der Waals surface area contributed by atoms with Crippen LogP contribution < -0.4 is 5.32 Å². The van der Waals surface area contributed by atoms with Crippen LogP contribution in [0.5, 0.6) is 5.75 Å². The first-order chi connectivity index (χ1) is 9.34. The molecule has 3 rings (SSSR count). The van der Waals surface area contributed by atoms with Gasteiger partial charge in [-0.25, -0.2) is 0 Å². The molecular formula is C17H25NO. The summed E-state index contributed by atoms with van der Waals surface area (Å²) in [6.07, 6.45) is 11.7. The van der Waals surface area contributed by atoms with Gasteiger partial charge in [-0.15, -0.1) is 0 Å². The molecule has 2 aliphatic carbocycles. The quantitative estimate of drug-likeness (QED) is 0.795. The Morgan fingerprint density at radius 1 is 1.00 bits per heavy atom. The van der Waals surface area contributed by atoms with Crippen LogP contribution in [0.2, 0.25) is 0 Å². The average molecular weight is 259 g/mol. The zero-order valence-electron chi connectivity index (χ0n) is 11.8. The molecule has 0 atom stereocenters. The Hall–Kier alpha value is -1.18. The van der Waals surface area contributed by atoms with Gasteiger partial charge in [-0.1, -0.05) is 25.3 Å². The molecule has 2 nitrogen and oxygen atoms in total. The first-order valence-electron chi connectivity index (χ1n) is 7.92. The lowest BCUT2D eigenvalue weighted by atomic mass is 9.88. The Morgan fingerprint density at radius 3 is 2.63 bits per heavy atom. The molecule has 0 amide bonds. The van der Waals surface area contributed by atoms with Crippen LogP contribution in [-0.4, -0.2) is 11.7 Å². The second kappa shape index (κ2) is 5.85. The topological polar surface area (TPSA) is 32.3 Å². The molecule has 1 aromatic rings. The number of fused-ring (bicyclic) bond motifs is 1. The SMILES string of the molecule is Oc1ccc2c(c1NCC1CCCCC1)CCCC2.